The number of aryl methyl sites for hydroxylation is 1. The number of amides is 1. The van der Waals surface area contributed by atoms with Crippen LogP contribution >= 0.6 is 0 Å². The number of nitrogens with zero attached hydrogens (tertiary/aromatic N) is 2. The van der Waals surface area contributed by atoms with Gasteiger partial charge in [-0.1, -0.05) is 24.3 Å². The molecule has 0 radical (unpaired) electrons. The Balaban J connectivity index is 1.17. The van der Waals surface area contributed by atoms with Gasteiger partial charge < -0.3 is 20.1 Å². The van der Waals surface area contributed by atoms with Gasteiger partial charge in [-0.15, -0.1) is 0 Å². The van der Waals surface area contributed by atoms with Crippen LogP contribution in [0.1, 0.15) is 46.1 Å². The number of rotatable bonds is 8. The van der Waals surface area contributed by atoms with E-state index in [0.717, 1.165) is 54.9 Å². The van der Waals surface area contributed by atoms with Gasteiger partial charge >= 0.3 is 0 Å². The molecule has 4 aromatic rings. The van der Waals surface area contributed by atoms with E-state index in [1.54, 1.807) is 14.2 Å². The largest absolute Gasteiger partial charge is 0.493 e. The van der Waals surface area contributed by atoms with Crippen LogP contribution < -0.4 is 20.1 Å². The molecule has 0 spiro atoms. The van der Waals surface area contributed by atoms with Crippen molar-refractivity contribution in [3.63, 3.8) is 0 Å². The van der Waals surface area contributed by atoms with Gasteiger partial charge in [0, 0.05) is 11.7 Å². The molecule has 184 valence electrons. The summed E-state index contributed by atoms with van der Waals surface area (Å²) in [7, 11) is 3.36. The lowest BCUT2D eigenvalue weighted by atomic mass is 9.90. The number of benzene rings is 3. The molecule has 0 bridgehead atoms. The molecule has 36 heavy (non-hydrogen) atoms. The standard InChI is InChI=1S/C29H30N4O3/c1-35-27-16-20-14-15-30-23(22(20)17-28(27)36-2)9-5-6-19-10-12-21(13-11-19)32-29(34)26-18-31-24-7-3-4-8-25(24)33-26/h3-4,7-8,10-13,16-18,23,30H,5-6,9,14-15H2,1-2H3,(H,32,34). The van der Waals surface area contributed by atoms with E-state index < -0.39 is 0 Å². The molecule has 1 aliphatic heterocycles. The normalized spacial score (nSPS) is 14.8. The number of methoxy groups -OCH3 is 2. The summed E-state index contributed by atoms with van der Waals surface area (Å²) in [6, 6.07) is 20.0. The molecule has 0 saturated heterocycles. The Morgan fingerprint density at radius 2 is 1.78 bits per heavy atom. The minimum Gasteiger partial charge on any atom is -0.493 e. The highest BCUT2D eigenvalue weighted by atomic mass is 16.5. The second-order valence-electron chi connectivity index (χ2n) is 8.95. The molecule has 3 aromatic carbocycles. The first-order valence-corrected chi connectivity index (χ1v) is 12.2. The van der Waals surface area contributed by atoms with Crippen LogP contribution in [0.25, 0.3) is 11.0 Å². The Hall–Kier alpha value is -3.97. The van der Waals surface area contributed by atoms with Gasteiger partial charge in [0.25, 0.3) is 5.91 Å². The topological polar surface area (TPSA) is 85.4 Å². The van der Waals surface area contributed by atoms with Gasteiger partial charge in [-0.3, -0.25) is 9.78 Å². The van der Waals surface area contributed by atoms with Crippen molar-refractivity contribution >= 4 is 22.6 Å². The van der Waals surface area contributed by atoms with Crippen LogP contribution in [0.4, 0.5) is 5.69 Å². The van der Waals surface area contributed by atoms with E-state index in [1.807, 2.05) is 36.4 Å². The predicted octanol–water partition coefficient (Wildman–Crippen LogP) is 5.11. The molecule has 1 atom stereocenters. The van der Waals surface area contributed by atoms with Crippen LogP contribution in [0.2, 0.25) is 0 Å². The molecule has 2 heterocycles. The number of aromatic nitrogens is 2. The van der Waals surface area contributed by atoms with Gasteiger partial charge in [-0.25, -0.2) is 4.98 Å². The quantitative estimate of drug-likeness (QED) is 0.363. The highest BCUT2D eigenvalue weighted by Crippen LogP contribution is 2.36. The number of anilines is 1. The average Bonchev–Trinajstić information content (AvgIpc) is 2.93. The highest BCUT2D eigenvalue weighted by Gasteiger charge is 2.22. The fourth-order valence-corrected chi connectivity index (χ4v) is 4.75. The van der Waals surface area contributed by atoms with E-state index in [9.17, 15) is 4.79 Å². The van der Waals surface area contributed by atoms with Crippen LogP contribution in [0, 0.1) is 0 Å². The molecule has 1 amide bonds. The summed E-state index contributed by atoms with van der Waals surface area (Å²) in [6.45, 7) is 0.961. The molecule has 5 rings (SSSR count). The van der Waals surface area contributed by atoms with E-state index in [4.69, 9.17) is 9.47 Å². The number of nitrogens with one attached hydrogen (secondary N) is 2. The third-order valence-electron chi connectivity index (χ3n) is 6.66. The Morgan fingerprint density at radius 1 is 1.03 bits per heavy atom. The zero-order valence-corrected chi connectivity index (χ0v) is 20.6. The number of para-hydroxylation sites is 2. The second-order valence-corrected chi connectivity index (χ2v) is 8.95. The first kappa shape index (κ1) is 23.8. The Morgan fingerprint density at radius 3 is 2.56 bits per heavy atom. The van der Waals surface area contributed by atoms with Crippen LogP contribution in [0.15, 0.2) is 66.9 Å². The predicted molar refractivity (Wildman–Crippen MR) is 141 cm³/mol. The number of fused-ring (bicyclic) bond motifs is 2. The van der Waals surface area contributed by atoms with Crippen molar-refractivity contribution in [1.29, 1.82) is 0 Å². The highest BCUT2D eigenvalue weighted by molar-refractivity contribution is 6.03. The first-order chi connectivity index (χ1) is 17.6. The number of carbonyl (C=O) groups excluding carboxylic acids is 1. The molecule has 7 nitrogen and oxygen atoms in total. The van der Waals surface area contributed by atoms with Crippen molar-refractivity contribution < 1.29 is 14.3 Å². The van der Waals surface area contributed by atoms with Crippen LogP contribution in [0.3, 0.4) is 0 Å². The number of hydrogen-bond acceptors (Lipinski definition) is 6. The maximum atomic E-state index is 12.6. The van der Waals surface area contributed by atoms with E-state index >= 15 is 0 Å². The van der Waals surface area contributed by atoms with Gasteiger partial charge in [0.2, 0.25) is 0 Å². The molecule has 1 aromatic heterocycles. The van der Waals surface area contributed by atoms with Crippen molar-refractivity contribution in [2.75, 3.05) is 26.1 Å². The van der Waals surface area contributed by atoms with E-state index in [1.165, 1.54) is 22.9 Å². The monoisotopic (exact) mass is 482 g/mol. The third-order valence-corrected chi connectivity index (χ3v) is 6.66. The Bertz CT molecular complexity index is 1370. The van der Waals surface area contributed by atoms with E-state index in [2.05, 4.69) is 44.9 Å². The minimum atomic E-state index is -0.268. The number of carbonyl (C=O) groups is 1. The maximum absolute atomic E-state index is 12.6. The lowest BCUT2D eigenvalue weighted by molar-refractivity contribution is 0.102. The summed E-state index contributed by atoms with van der Waals surface area (Å²) in [5.41, 5.74) is 6.37. The van der Waals surface area contributed by atoms with Crippen molar-refractivity contribution in [2.45, 2.75) is 31.7 Å². The van der Waals surface area contributed by atoms with Gasteiger partial charge in [-0.2, -0.15) is 0 Å². The van der Waals surface area contributed by atoms with Crippen LogP contribution in [0.5, 0.6) is 11.5 Å². The molecule has 0 saturated carbocycles. The average molecular weight is 483 g/mol. The lowest BCUT2D eigenvalue weighted by Crippen LogP contribution is -2.30. The summed E-state index contributed by atoms with van der Waals surface area (Å²) in [4.78, 5) is 21.4. The van der Waals surface area contributed by atoms with Crippen LogP contribution in [-0.2, 0) is 12.8 Å². The van der Waals surface area contributed by atoms with Crippen molar-refractivity contribution in [2.24, 2.45) is 0 Å². The summed E-state index contributed by atoms with van der Waals surface area (Å²) in [6.07, 6.45) is 5.54. The Labute approximate surface area is 210 Å². The number of ether oxygens (including phenoxy) is 2. The van der Waals surface area contributed by atoms with Crippen molar-refractivity contribution in [3.8, 4) is 11.5 Å². The molecule has 7 heteroatoms. The summed E-state index contributed by atoms with van der Waals surface area (Å²) in [5, 5.41) is 6.57. The zero-order chi connectivity index (χ0) is 24.9. The molecule has 0 aliphatic carbocycles. The molecule has 2 N–H and O–H groups in total. The molecule has 0 fully saturated rings. The first-order valence-electron chi connectivity index (χ1n) is 12.2. The second kappa shape index (κ2) is 10.7. The number of hydrogen-bond donors (Lipinski definition) is 2. The van der Waals surface area contributed by atoms with Gasteiger partial charge in [0.1, 0.15) is 5.69 Å². The minimum absolute atomic E-state index is 0.268. The molecular formula is C29H30N4O3. The summed E-state index contributed by atoms with van der Waals surface area (Å²) < 4.78 is 11.0. The van der Waals surface area contributed by atoms with Gasteiger partial charge in [0.15, 0.2) is 11.5 Å². The molecule has 1 aliphatic rings. The smallest absolute Gasteiger partial charge is 0.275 e. The summed E-state index contributed by atoms with van der Waals surface area (Å²) >= 11 is 0. The van der Waals surface area contributed by atoms with E-state index in [0.29, 0.717) is 17.3 Å². The zero-order valence-electron chi connectivity index (χ0n) is 20.6. The fourth-order valence-electron chi connectivity index (χ4n) is 4.75. The van der Waals surface area contributed by atoms with Crippen molar-refractivity contribution in [1.82, 2.24) is 15.3 Å². The van der Waals surface area contributed by atoms with Crippen LogP contribution in [-0.4, -0.2) is 36.6 Å². The molecular weight excluding hydrogens is 452 g/mol. The van der Waals surface area contributed by atoms with Crippen molar-refractivity contribution in [3.05, 3.63) is 89.2 Å². The Kier molecular flexibility index (Phi) is 7.09. The van der Waals surface area contributed by atoms with Gasteiger partial charge in [-0.05, 0) is 85.3 Å². The van der Waals surface area contributed by atoms with Gasteiger partial charge in [0.05, 0.1) is 31.4 Å². The molecule has 1 unspecified atom stereocenters. The lowest BCUT2D eigenvalue weighted by Gasteiger charge is -2.28. The third kappa shape index (κ3) is 5.16. The summed E-state index contributed by atoms with van der Waals surface area (Å²) in [5.74, 6) is 1.30. The fraction of sp³-hybridized carbons (Fsp3) is 0.276. The maximum Gasteiger partial charge on any atom is 0.275 e. The van der Waals surface area contributed by atoms with E-state index in [-0.39, 0.29) is 5.91 Å². The SMILES string of the molecule is COc1cc2c(cc1OC)C(CCCc1ccc(NC(=O)c3cnc4ccccc4n3)cc1)NCC2.